The minimum absolute atomic E-state index is 0.0543. The van der Waals surface area contributed by atoms with Crippen LogP contribution in [0.2, 0.25) is 0 Å². The first-order chi connectivity index (χ1) is 19.2. The van der Waals surface area contributed by atoms with Crippen LogP contribution >= 0.6 is 0 Å². The van der Waals surface area contributed by atoms with Gasteiger partial charge in [-0.25, -0.2) is 9.59 Å². The summed E-state index contributed by atoms with van der Waals surface area (Å²) in [4.78, 5) is 33.3. The van der Waals surface area contributed by atoms with Crippen LogP contribution in [0.1, 0.15) is 44.2 Å². The third-order valence-electron chi connectivity index (χ3n) is 9.34. The fraction of sp³-hybridized carbons (Fsp3) is 0.533. The molecule has 3 heterocycles. The number of amides is 4. The Morgan fingerprint density at radius 1 is 0.925 bits per heavy atom. The van der Waals surface area contributed by atoms with Crippen LogP contribution < -0.4 is 24.3 Å². The lowest BCUT2D eigenvalue weighted by molar-refractivity contribution is 0.00874. The predicted octanol–water partition coefficient (Wildman–Crippen LogP) is 4.75. The van der Waals surface area contributed by atoms with E-state index in [0.29, 0.717) is 56.2 Å². The van der Waals surface area contributed by atoms with Gasteiger partial charge in [0.25, 0.3) is 0 Å². The topological polar surface area (TPSA) is 92.8 Å². The third-order valence-corrected chi connectivity index (χ3v) is 9.34. The molecule has 10 heteroatoms. The lowest BCUT2D eigenvalue weighted by Gasteiger charge is -2.52. The van der Waals surface area contributed by atoms with Crippen molar-refractivity contribution >= 4 is 17.7 Å². The summed E-state index contributed by atoms with van der Waals surface area (Å²) >= 11 is 0. The van der Waals surface area contributed by atoms with Gasteiger partial charge in [-0.2, -0.15) is 0 Å². The van der Waals surface area contributed by atoms with Crippen molar-refractivity contribution in [1.29, 1.82) is 0 Å². The number of benzene rings is 2. The second-order valence-electron chi connectivity index (χ2n) is 10.9. The van der Waals surface area contributed by atoms with E-state index in [0.717, 1.165) is 35.5 Å². The Balaban J connectivity index is 1.40. The van der Waals surface area contributed by atoms with E-state index >= 15 is 0 Å². The summed E-state index contributed by atoms with van der Waals surface area (Å²) in [5, 5.41) is 3.00. The highest BCUT2D eigenvalue weighted by Crippen LogP contribution is 2.52. The molecule has 3 aliphatic rings. The smallest absolute Gasteiger partial charge is 0.321 e. The molecule has 216 valence electrons. The molecule has 0 saturated carbocycles. The van der Waals surface area contributed by atoms with Gasteiger partial charge >= 0.3 is 12.1 Å². The molecule has 1 spiro atoms. The molecule has 0 aromatic heterocycles. The number of fused-ring (bicyclic) bond motifs is 3. The molecule has 1 atom stereocenters. The Hall–Kier alpha value is -3.82. The number of likely N-dealkylation sites (N-methyl/N-ethyl adjacent to an activating group) is 1. The van der Waals surface area contributed by atoms with Crippen LogP contribution in [0.3, 0.4) is 0 Å². The molecule has 2 aromatic carbocycles. The van der Waals surface area contributed by atoms with E-state index in [1.165, 1.54) is 0 Å². The zero-order chi connectivity index (χ0) is 28.7. The third kappa shape index (κ3) is 4.24. The van der Waals surface area contributed by atoms with Gasteiger partial charge < -0.3 is 39.0 Å². The second kappa shape index (κ2) is 10.6. The van der Waals surface area contributed by atoms with Crippen LogP contribution in [0.5, 0.6) is 23.0 Å². The van der Waals surface area contributed by atoms with Crippen LogP contribution in [0.4, 0.5) is 15.3 Å². The number of hydrogen-bond donors (Lipinski definition) is 1. The first kappa shape index (κ1) is 27.7. The maximum Gasteiger partial charge on any atom is 0.321 e. The first-order valence-corrected chi connectivity index (χ1v) is 13.9. The number of nitrogens with one attached hydrogen (secondary N) is 1. The number of urea groups is 2. The van der Waals surface area contributed by atoms with E-state index < -0.39 is 5.54 Å². The maximum atomic E-state index is 14.0. The summed E-state index contributed by atoms with van der Waals surface area (Å²) in [6, 6.07) is 9.12. The number of hydrogen-bond acceptors (Lipinski definition) is 6. The van der Waals surface area contributed by atoms with E-state index in [4.69, 9.17) is 18.9 Å². The quantitative estimate of drug-likeness (QED) is 0.556. The second-order valence-corrected chi connectivity index (χ2v) is 10.9. The van der Waals surface area contributed by atoms with Crippen molar-refractivity contribution in [1.82, 2.24) is 14.7 Å². The van der Waals surface area contributed by atoms with Gasteiger partial charge in [0, 0.05) is 38.3 Å². The number of rotatable bonds is 6. The van der Waals surface area contributed by atoms with E-state index in [1.54, 1.807) is 46.6 Å². The molecular weight excluding hydrogens is 512 g/mol. The van der Waals surface area contributed by atoms with E-state index in [9.17, 15) is 9.59 Å². The van der Waals surface area contributed by atoms with Crippen LogP contribution in [-0.2, 0) is 13.0 Å². The number of nitrogens with zero attached hydrogens (tertiary/aromatic N) is 3. The summed E-state index contributed by atoms with van der Waals surface area (Å²) in [6.07, 6.45) is 2.98. The summed E-state index contributed by atoms with van der Waals surface area (Å²) in [5.74, 6) is 2.72. The molecule has 0 radical (unpaired) electrons. The van der Waals surface area contributed by atoms with Crippen molar-refractivity contribution in [2.24, 2.45) is 0 Å². The number of methoxy groups -OCH3 is 4. The van der Waals surface area contributed by atoms with Gasteiger partial charge in [-0.1, -0.05) is 0 Å². The molecule has 2 aromatic rings. The molecule has 10 nitrogen and oxygen atoms in total. The number of likely N-dealkylation sites (tertiary alicyclic amines) is 1. The normalized spacial score (nSPS) is 21.4. The average molecular weight is 553 g/mol. The van der Waals surface area contributed by atoms with Crippen LogP contribution in [0, 0.1) is 0 Å². The number of ether oxygens (including phenoxy) is 4. The van der Waals surface area contributed by atoms with E-state index in [-0.39, 0.29) is 17.6 Å². The van der Waals surface area contributed by atoms with Gasteiger partial charge in [0.15, 0.2) is 0 Å². The molecule has 40 heavy (non-hydrogen) atoms. The highest BCUT2D eigenvalue weighted by Gasteiger charge is 2.64. The fourth-order valence-corrected chi connectivity index (χ4v) is 7.06. The van der Waals surface area contributed by atoms with Crippen LogP contribution in [0.25, 0.3) is 0 Å². The zero-order valence-electron chi connectivity index (χ0n) is 24.3. The Kier molecular flexibility index (Phi) is 7.37. The van der Waals surface area contributed by atoms with Gasteiger partial charge in [0.1, 0.15) is 23.0 Å². The molecular formula is C30H40N4O6. The molecule has 5 rings (SSSR count). The van der Waals surface area contributed by atoms with Crippen molar-refractivity contribution < 1.29 is 28.5 Å². The molecule has 0 aliphatic carbocycles. The first-order valence-electron chi connectivity index (χ1n) is 13.9. The Morgan fingerprint density at radius 3 is 2.25 bits per heavy atom. The summed E-state index contributed by atoms with van der Waals surface area (Å²) < 4.78 is 22.0. The Morgan fingerprint density at radius 2 is 1.62 bits per heavy atom. The number of piperidine rings is 1. The molecule has 0 bridgehead atoms. The van der Waals surface area contributed by atoms with Crippen molar-refractivity contribution in [2.75, 3.05) is 53.4 Å². The number of anilines is 1. The molecule has 4 amide bonds. The minimum atomic E-state index is -0.407. The Labute approximate surface area is 236 Å². The lowest BCUT2D eigenvalue weighted by atomic mass is 9.69. The van der Waals surface area contributed by atoms with E-state index in [1.807, 2.05) is 24.0 Å². The maximum absolute atomic E-state index is 14.0. The van der Waals surface area contributed by atoms with Crippen molar-refractivity contribution in [3.05, 3.63) is 41.5 Å². The summed E-state index contributed by atoms with van der Waals surface area (Å²) in [5.41, 5.74) is 1.96. The SMILES string of the molecule is CCN1C(=O)N2Cc3cc(OC)cc(OC)c3CCC2(C)C12CCN(C(=O)Nc1cc(OC)ccc1OC)CC2. The molecule has 1 N–H and O–H groups in total. The van der Waals surface area contributed by atoms with Crippen LogP contribution in [-0.4, -0.2) is 85.9 Å². The number of carbonyl (C=O) groups is 2. The van der Waals surface area contributed by atoms with Crippen molar-refractivity contribution in [3.63, 3.8) is 0 Å². The van der Waals surface area contributed by atoms with E-state index in [2.05, 4.69) is 22.0 Å². The average Bonchev–Trinajstić information content (AvgIpc) is 3.06. The highest BCUT2D eigenvalue weighted by atomic mass is 16.5. The minimum Gasteiger partial charge on any atom is -0.497 e. The van der Waals surface area contributed by atoms with Crippen LogP contribution in [0.15, 0.2) is 30.3 Å². The molecule has 3 aliphatic heterocycles. The fourth-order valence-electron chi connectivity index (χ4n) is 7.06. The van der Waals surface area contributed by atoms with Gasteiger partial charge in [-0.05, 0) is 68.9 Å². The van der Waals surface area contributed by atoms with Crippen molar-refractivity contribution in [2.45, 2.75) is 57.2 Å². The molecule has 1 unspecified atom stereocenters. The summed E-state index contributed by atoms with van der Waals surface area (Å²) in [6.45, 7) is 6.46. The number of carbonyl (C=O) groups excluding carboxylic acids is 2. The Bertz CT molecular complexity index is 1290. The monoisotopic (exact) mass is 552 g/mol. The highest BCUT2D eigenvalue weighted by molar-refractivity contribution is 5.91. The van der Waals surface area contributed by atoms with Gasteiger partial charge in [0.2, 0.25) is 0 Å². The van der Waals surface area contributed by atoms with Gasteiger partial charge in [-0.15, -0.1) is 0 Å². The van der Waals surface area contributed by atoms with Crippen molar-refractivity contribution in [3.8, 4) is 23.0 Å². The van der Waals surface area contributed by atoms with Gasteiger partial charge in [-0.3, -0.25) is 0 Å². The summed E-state index contributed by atoms with van der Waals surface area (Å²) in [7, 11) is 6.48. The zero-order valence-corrected chi connectivity index (χ0v) is 24.3. The largest absolute Gasteiger partial charge is 0.497 e. The standard InChI is InChI=1S/C30H40N4O6/c1-7-33-28(36)34-19-20-16-22(38-4)18-26(40-6)23(20)10-11-29(34,2)30(33)12-14-32(15-13-30)27(35)31-24-17-21(37-3)8-9-25(24)39-5/h8-9,16-18H,7,10-15,19H2,1-6H3,(H,31,35). The molecule has 2 saturated heterocycles. The predicted molar refractivity (Wildman–Crippen MR) is 152 cm³/mol. The lowest BCUT2D eigenvalue weighted by Crippen LogP contribution is -2.64. The van der Waals surface area contributed by atoms with Gasteiger partial charge in [0.05, 0.1) is 45.2 Å². The molecule has 2 fully saturated rings.